The van der Waals surface area contributed by atoms with Crippen molar-refractivity contribution in [1.82, 2.24) is 5.43 Å². The maximum atomic E-state index is 11.3. The van der Waals surface area contributed by atoms with Crippen LogP contribution in [0.4, 0.5) is 0 Å². The Hall–Kier alpha value is -1.55. The normalized spacial score (nSPS) is 9.64. The lowest BCUT2D eigenvalue weighted by molar-refractivity contribution is 0.0952. The average Bonchev–Trinajstić information content (AvgIpc) is 2.27. The monoisotopic (exact) mass is 194 g/mol. The van der Waals surface area contributed by atoms with Gasteiger partial charge in [0.15, 0.2) is 0 Å². The number of hydrogen-bond donors (Lipinski definition) is 2. The number of carbonyl (C=O) groups excluding carboxylic acids is 1. The van der Waals surface area contributed by atoms with E-state index in [4.69, 9.17) is 10.6 Å². The van der Waals surface area contributed by atoms with Gasteiger partial charge in [0.2, 0.25) is 0 Å². The zero-order valence-electron chi connectivity index (χ0n) is 8.33. The summed E-state index contributed by atoms with van der Waals surface area (Å²) in [6.45, 7) is 1.97. The summed E-state index contributed by atoms with van der Waals surface area (Å²) in [7, 11) is 1.59. The van der Waals surface area contributed by atoms with E-state index in [0.717, 1.165) is 17.7 Å². The van der Waals surface area contributed by atoms with Crippen molar-refractivity contribution >= 4 is 5.91 Å². The van der Waals surface area contributed by atoms with Gasteiger partial charge in [0, 0.05) is 5.56 Å². The van der Waals surface area contributed by atoms with E-state index in [9.17, 15) is 4.79 Å². The van der Waals surface area contributed by atoms with E-state index in [2.05, 4.69) is 5.43 Å². The number of hydrogen-bond acceptors (Lipinski definition) is 3. The predicted molar refractivity (Wildman–Crippen MR) is 54.0 cm³/mol. The third kappa shape index (κ3) is 2.03. The van der Waals surface area contributed by atoms with E-state index < -0.39 is 0 Å². The zero-order valence-corrected chi connectivity index (χ0v) is 8.33. The van der Waals surface area contributed by atoms with Gasteiger partial charge in [-0.25, -0.2) is 5.84 Å². The largest absolute Gasteiger partial charge is 0.497 e. The summed E-state index contributed by atoms with van der Waals surface area (Å²) in [6.07, 6.45) is 0.764. The molecule has 3 N–H and O–H groups in total. The second kappa shape index (κ2) is 4.62. The van der Waals surface area contributed by atoms with E-state index in [-0.39, 0.29) is 5.91 Å². The van der Waals surface area contributed by atoms with Crippen molar-refractivity contribution in [3.63, 3.8) is 0 Å². The molecule has 14 heavy (non-hydrogen) atoms. The quantitative estimate of drug-likeness (QED) is 0.426. The van der Waals surface area contributed by atoms with Crippen LogP contribution in [0.2, 0.25) is 0 Å². The van der Waals surface area contributed by atoms with Crippen molar-refractivity contribution in [1.29, 1.82) is 0 Å². The number of carbonyl (C=O) groups is 1. The van der Waals surface area contributed by atoms with E-state index in [1.54, 1.807) is 19.2 Å². The molecule has 1 aromatic carbocycles. The van der Waals surface area contributed by atoms with Crippen molar-refractivity contribution in [2.24, 2.45) is 5.84 Å². The summed E-state index contributed by atoms with van der Waals surface area (Å²) in [5, 5.41) is 0. The van der Waals surface area contributed by atoms with Crippen LogP contribution in [0.3, 0.4) is 0 Å². The predicted octanol–water partition coefficient (Wildman–Crippen LogP) is 0.861. The van der Waals surface area contributed by atoms with Gasteiger partial charge in [0.1, 0.15) is 5.75 Å². The molecule has 0 aliphatic carbocycles. The Morgan fingerprint density at radius 3 is 2.79 bits per heavy atom. The highest BCUT2D eigenvalue weighted by Crippen LogP contribution is 2.17. The maximum absolute atomic E-state index is 11.3. The molecule has 0 aromatic heterocycles. The van der Waals surface area contributed by atoms with Crippen LogP contribution in [0.15, 0.2) is 18.2 Å². The van der Waals surface area contributed by atoms with Gasteiger partial charge in [-0.3, -0.25) is 10.2 Å². The highest BCUT2D eigenvalue weighted by Gasteiger charge is 2.09. The molecule has 0 fully saturated rings. The molecular formula is C10H14N2O2. The molecule has 0 saturated heterocycles. The van der Waals surface area contributed by atoms with Gasteiger partial charge in [0.05, 0.1) is 7.11 Å². The van der Waals surface area contributed by atoms with Crippen LogP contribution in [-0.4, -0.2) is 13.0 Å². The fraction of sp³-hybridized carbons (Fsp3) is 0.300. The molecule has 4 heteroatoms. The molecule has 0 spiro atoms. The van der Waals surface area contributed by atoms with E-state index in [1.165, 1.54) is 0 Å². The van der Waals surface area contributed by atoms with Crippen LogP contribution >= 0.6 is 0 Å². The standard InChI is InChI=1S/C10H14N2O2/c1-3-7-6-8(14-2)4-5-9(7)10(13)12-11/h4-6H,3,11H2,1-2H3,(H,12,13). The van der Waals surface area contributed by atoms with Crippen LogP contribution in [0.5, 0.6) is 5.75 Å². The molecule has 0 aliphatic rings. The maximum Gasteiger partial charge on any atom is 0.265 e. The average molecular weight is 194 g/mol. The fourth-order valence-electron chi connectivity index (χ4n) is 1.29. The SMILES string of the molecule is CCc1cc(OC)ccc1C(=O)NN. The number of nitrogens with two attached hydrogens (primary N) is 1. The molecule has 0 saturated carbocycles. The van der Waals surface area contributed by atoms with Crippen molar-refractivity contribution < 1.29 is 9.53 Å². The molecule has 0 unspecified atom stereocenters. The molecule has 4 nitrogen and oxygen atoms in total. The van der Waals surface area contributed by atoms with Gasteiger partial charge in [-0.05, 0) is 30.2 Å². The Morgan fingerprint density at radius 1 is 1.57 bits per heavy atom. The Bertz CT molecular complexity index is 337. The van der Waals surface area contributed by atoms with Gasteiger partial charge in [-0.15, -0.1) is 0 Å². The van der Waals surface area contributed by atoms with Crippen molar-refractivity contribution in [3.05, 3.63) is 29.3 Å². The molecular weight excluding hydrogens is 180 g/mol. The highest BCUT2D eigenvalue weighted by atomic mass is 16.5. The number of amides is 1. The molecule has 1 rings (SSSR count). The van der Waals surface area contributed by atoms with E-state index in [0.29, 0.717) is 5.56 Å². The molecule has 0 bridgehead atoms. The number of aryl methyl sites for hydroxylation is 1. The third-order valence-electron chi connectivity index (χ3n) is 2.07. The van der Waals surface area contributed by atoms with Crippen molar-refractivity contribution in [3.8, 4) is 5.75 Å². The van der Waals surface area contributed by atoms with Crippen molar-refractivity contribution in [2.45, 2.75) is 13.3 Å². The van der Waals surface area contributed by atoms with E-state index >= 15 is 0 Å². The number of hydrazine groups is 1. The molecule has 76 valence electrons. The number of ether oxygens (including phenoxy) is 1. The smallest absolute Gasteiger partial charge is 0.265 e. The molecule has 1 aromatic rings. The minimum Gasteiger partial charge on any atom is -0.497 e. The number of nitrogens with one attached hydrogen (secondary N) is 1. The molecule has 0 atom stereocenters. The van der Waals surface area contributed by atoms with Crippen LogP contribution in [-0.2, 0) is 6.42 Å². The van der Waals surface area contributed by atoms with Crippen LogP contribution in [0, 0.1) is 0 Å². The molecule has 0 radical (unpaired) electrons. The molecule has 0 aliphatic heterocycles. The Labute approximate surface area is 83.0 Å². The number of benzene rings is 1. The zero-order chi connectivity index (χ0) is 10.6. The Kier molecular flexibility index (Phi) is 3.48. The first-order chi connectivity index (χ1) is 6.72. The third-order valence-corrected chi connectivity index (χ3v) is 2.07. The van der Waals surface area contributed by atoms with Gasteiger partial charge < -0.3 is 4.74 Å². The summed E-state index contributed by atoms with van der Waals surface area (Å²) in [5.41, 5.74) is 3.63. The first kappa shape index (κ1) is 10.5. The molecule has 1 amide bonds. The van der Waals surface area contributed by atoms with Crippen molar-refractivity contribution in [2.75, 3.05) is 7.11 Å². The summed E-state index contributed by atoms with van der Waals surface area (Å²) in [4.78, 5) is 11.3. The summed E-state index contributed by atoms with van der Waals surface area (Å²) < 4.78 is 5.06. The second-order valence-corrected chi connectivity index (χ2v) is 2.85. The van der Waals surface area contributed by atoms with Gasteiger partial charge >= 0.3 is 0 Å². The number of nitrogen functional groups attached to an aromatic ring is 1. The topological polar surface area (TPSA) is 64.3 Å². The summed E-state index contributed by atoms with van der Waals surface area (Å²) >= 11 is 0. The summed E-state index contributed by atoms with van der Waals surface area (Å²) in [6, 6.07) is 5.29. The number of rotatable bonds is 3. The summed E-state index contributed by atoms with van der Waals surface area (Å²) in [5.74, 6) is 5.54. The first-order valence-electron chi connectivity index (χ1n) is 4.40. The Balaban J connectivity index is 3.11. The van der Waals surface area contributed by atoms with E-state index in [1.807, 2.05) is 13.0 Å². The Morgan fingerprint density at radius 2 is 2.29 bits per heavy atom. The minimum atomic E-state index is -0.274. The van der Waals surface area contributed by atoms with Crippen LogP contribution < -0.4 is 16.0 Å². The second-order valence-electron chi connectivity index (χ2n) is 2.85. The minimum absolute atomic E-state index is 0.274. The number of methoxy groups -OCH3 is 1. The van der Waals surface area contributed by atoms with Crippen LogP contribution in [0.1, 0.15) is 22.8 Å². The van der Waals surface area contributed by atoms with Gasteiger partial charge in [0.25, 0.3) is 5.91 Å². The van der Waals surface area contributed by atoms with Gasteiger partial charge in [-0.2, -0.15) is 0 Å². The lowest BCUT2D eigenvalue weighted by atomic mass is 10.0. The first-order valence-corrected chi connectivity index (χ1v) is 4.40. The van der Waals surface area contributed by atoms with Gasteiger partial charge in [-0.1, -0.05) is 6.92 Å². The fourth-order valence-corrected chi connectivity index (χ4v) is 1.29. The van der Waals surface area contributed by atoms with Crippen LogP contribution in [0.25, 0.3) is 0 Å². The lowest BCUT2D eigenvalue weighted by Crippen LogP contribution is -2.30. The molecule has 0 heterocycles. The lowest BCUT2D eigenvalue weighted by Gasteiger charge is -2.08. The highest BCUT2D eigenvalue weighted by molar-refractivity contribution is 5.95.